The lowest BCUT2D eigenvalue weighted by molar-refractivity contribution is 0.159. The number of hydrogen-bond acceptors (Lipinski definition) is 4. The molecule has 1 aliphatic rings. The predicted molar refractivity (Wildman–Crippen MR) is 60.8 cm³/mol. The Morgan fingerprint density at radius 2 is 2.27 bits per heavy atom. The van der Waals surface area contributed by atoms with Crippen LogP contribution in [0.15, 0.2) is 12.1 Å². The zero-order valence-electron chi connectivity index (χ0n) is 8.15. The van der Waals surface area contributed by atoms with Crippen LogP contribution < -0.4 is 10.1 Å². The molecule has 1 fully saturated rings. The SMILES string of the molecule is Cl.Clc1ccc(O[C@@H]2CCCNC2)nn1. The molecule has 2 rings (SSSR count). The molecule has 0 aliphatic carbocycles. The van der Waals surface area contributed by atoms with Gasteiger partial charge in [-0.25, -0.2) is 0 Å². The second kappa shape index (κ2) is 6.10. The first-order valence-electron chi connectivity index (χ1n) is 4.71. The van der Waals surface area contributed by atoms with E-state index in [1.165, 1.54) is 0 Å². The third-order valence-corrected chi connectivity index (χ3v) is 2.35. The molecule has 0 bridgehead atoms. The zero-order chi connectivity index (χ0) is 9.80. The van der Waals surface area contributed by atoms with Crippen LogP contribution in [-0.2, 0) is 0 Å². The molecule has 0 aromatic carbocycles. The minimum Gasteiger partial charge on any atom is -0.472 e. The van der Waals surface area contributed by atoms with Crippen LogP contribution in [0.4, 0.5) is 0 Å². The summed E-state index contributed by atoms with van der Waals surface area (Å²) in [6, 6.07) is 3.42. The van der Waals surface area contributed by atoms with Crippen LogP contribution in [0.1, 0.15) is 12.8 Å². The van der Waals surface area contributed by atoms with Crippen molar-refractivity contribution in [3.8, 4) is 5.88 Å². The third kappa shape index (κ3) is 3.81. The fourth-order valence-corrected chi connectivity index (χ4v) is 1.56. The van der Waals surface area contributed by atoms with E-state index in [1.54, 1.807) is 12.1 Å². The van der Waals surface area contributed by atoms with E-state index in [0.29, 0.717) is 11.0 Å². The van der Waals surface area contributed by atoms with E-state index in [9.17, 15) is 0 Å². The molecule has 0 saturated carbocycles. The number of piperidine rings is 1. The Morgan fingerprint density at radius 3 is 2.87 bits per heavy atom. The van der Waals surface area contributed by atoms with Gasteiger partial charge in [-0.2, -0.15) is 0 Å². The fourth-order valence-electron chi connectivity index (χ4n) is 1.46. The van der Waals surface area contributed by atoms with Crippen LogP contribution in [-0.4, -0.2) is 29.4 Å². The van der Waals surface area contributed by atoms with E-state index in [0.717, 1.165) is 25.9 Å². The largest absolute Gasteiger partial charge is 0.472 e. The van der Waals surface area contributed by atoms with Crippen LogP contribution >= 0.6 is 24.0 Å². The molecule has 1 aliphatic heterocycles. The second-order valence-corrected chi connectivity index (χ2v) is 3.67. The molecular formula is C9H13Cl2N3O. The number of halogens is 2. The quantitative estimate of drug-likeness (QED) is 0.867. The maximum absolute atomic E-state index is 5.62. The minimum absolute atomic E-state index is 0. The van der Waals surface area contributed by atoms with Crippen molar-refractivity contribution >= 4 is 24.0 Å². The van der Waals surface area contributed by atoms with Crippen LogP contribution in [0.2, 0.25) is 5.15 Å². The normalized spacial score (nSPS) is 20.5. The Hall–Kier alpha value is -0.580. The molecular weight excluding hydrogens is 237 g/mol. The monoisotopic (exact) mass is 249 g/mol. The van der Waals surface area contributed by atoms with Gasteiger partial charge >= 0.3 is 0 Å². The highest BCUT2D eigenvalue weighted by atomic mass is 35.5. The Kier molecular flexibility index (Phi) is 5.08. The van der Waals surface area contributed by atoms with E-state index in [1.807, 2.05) is 0 Å². The van der Waals surface area contributed by atoms with E-state index in [4.69, 9.17) is 16.3 Å². The lowest BCUT2D eigenvalue weighted by Crippen LogP contribution is -2.37. The van der Waals surface area contributed by atoms with Crippen molar-refractivity contribution in [1.82, 2.24) is 15.5 Å². The molecule has 1 saturated heterocycles. The Morgan fingerprint density at radius 1 is 1.40 bits per heavy atom. The fraction of sp³-hybridized carbons (Fsp3) is 0.556. The highest BCUT2D eigenvalue weighted by Crippen LogP contribution is 2.13. The summed E-state index contributed by atoms with van der Waals surface area (Å²) < 4.78 is 5.62. The molecule has 0 radical (unpaired) electrons. The number of nitrogens with zero attached hydrogens (tertiary/aromatic N) is 2. The van der Waals surface area contributed by atoms with Crippen molar-refractivity contribution in [3.05, 3.63) is 17.3 Å². The zero-order valence-corrected chi connectivity index (χ0v) is 9.72. The van der Waals surface area contributed by atoms with Gasteiger partial charge in [0.2, 0.25) is 5.88 Å². The van der Waals surface area contributed by atoms with Gasteiger partial charge in [-0.3, -0.25) is 0 Å². The number of rotatable bonds is 2. The standard InChI is InChI=1S/C9H12ClN3O.ClH/c10-8-3-4-9(13-12-8)14-7-2-1-5-11-6-7;/h3-4,7,11H,1-2,5-6H2;1H/t7-;/m1./s1. The van der Waals surface area contributed by atoms with E-state index in [2.05, 4.69) is 15.5 Å². The van der Waals surface area contributed by atoms with Crippen molar-refractivity contribution in [2.45, 2.75) is 18.9 Å². The van der Waals surface area contributed by atoms with Crippen molar-refractivity contribution in [2.24, 2.45) is 0 Å². The molecule has 1 N–H and O–H groups in total. The summed E-state index contributed by atoms with van der Waals surface area (Å²) in [6.45, 7) is 1.95. The van der Waals surface area contributed by atoms with Gasteiger partial charge in [0.05, 0.1) is 0 Å². The van der Waals surface area contributed by atoms with Crippen LogP contribution in [0, 0.1) is 0 Å². The van der Waals surface area contributed by atoms with Gasteiger partial charge in [0, 0.05) is 12.6 Å². The molecule has 0 amide bonds. The van der Waals surface area contributed by atoms with Gasteiger partial charge in [-0.1, -0.05) is 11.6 Å². The van der Waals surface area contributed by atoms with Gasteiger partial charge in [-0.15, -0.1) is 22.6 Å². The summed E-state index contributed by atoms with van der Waals surface area (Å²) in [6.07, 6.45) is 2.42. The minimum atomic E-state index is 0. The molecule has 1 atom stereocenters. The van der Waals surface area contributed by atoms with Gasteiger partial charge in [0.25, 0.3) is 0 Å². The van der Waals surface area contributed by atoms with Gasteiger partial charge in [0.15, 0.2) is 5.15 Å². The maximum atomic E-state index is 5.62. The van der Waals surface area contributed by atoms with Gasteiger partial charge < -0.3 is 10.1 Å². The molecule has 4 nitrogen and oxygen atoms in total. The highest BCUT2D eigenvalue weighted by molar-refractivity contribution is 6.29. The molecule has 1 aromatic heterocycles. The van der Waals surface area contributed by atoms with Gasteiger partial charge in [-0.05, 0) is 25.5 Å². The molecule has 0 unspecified atom stereocenters. The summed E-state index contributed by atoms with van der Waals surface area (Å²) in [4.78, 5) is 0. The number of nitrogens with one attached hydrogen (secondary N) is 1. The second-order valence-electron chi connectivity index (χ2n) is 3.28. The van der Waals surface area contributed by atoms with Crippen LogP contribution in [0.3, 0.4) is 0 Å². The van der Waals surface area contributed by atoms with E-state index >= 15 is 0 Å². The lowest BCUT2D eigenvalue weighted by Gasteiger charge is -2.22. The highest BCUT2D eigenvalue weighted by Gasteiger charge is 2.14. The molecule has 2 heterocycles. The van der Waals surface area contributed by atoms with Crippen LogP contribution in [0.5, 0.6) is 5.88 Å². The first-order chi connectivity index (χ1) is 6.84. The molecule has 15 heavy (non-hydrogen) atoms. The lowest BCUT2D eigenvalue weighted by atomic mass is 10.1. The van der Waals surface area contributed by atoms with Crippen molar-refractivity contribution in [2.75, 3.05) is 13.1 Å². The Labute approximate surface area is 99.8 Å². The Bertz CT molecular complexity index is 288. The van der Waals surface area contributed by atoms with Crippen molar-refractivity contribution in [1.29, 1.82) is 0 Å². The smallest absolute Gasteiger partial charge is 0.233 e. The summed E-state index contributed by atoms with van der Waals surface area (Å²) >= 11 is 5.61. The van der Waals surface area contributed by atoms with E-state index in [-0.39, 0.29) is 18.5 Å². The number of aromatic nitrogens is 2. The summed E-state index contributed by atoms with van der Waals surface area (Å²) in [5.74, 6) is 0.545. The third-order valence-electron chi connectivity index (χ3n) is 2.15. The average Bonchev–Trinajstić information content (AvgIpc) is 2.23. The topological polar surface area (TPSA) is 47.0 Å². The summed E-state index contributed by atoms with van der Waals surface area (Å²) in [5, 5.41) is 11.2. The predicted octanol–water partition coefficient (Wildman–Crippen LogP) is 1.68. The van der Waals surface area contributed by atoms with Crippen molar-refractivity contribution in [3.63, 3.8) is 0 Å². The Balaban J connectivity index is 0.00000112. The molecule has 0 spiro atoms. The molecule has 84 valence electrons. The first kappa shape index (κ1) is 12.5. The maximum Gasteiger partial charge on any atom is 0.233 e. The van der Waals surface area contributed by atoms with Gasteiger partial charge in [0.1, 0.15) is 6.10 Å². The summed E-state index contributed by atoms with van der Waals surface area (Å²) in [5.41, 5.74) is 0. The van der Waals surface area contributed by atoms with E-state index < -0.39 is 0 Å². The first-order valence-corrected chi connectivity index (χ1v) is 5.09. The number of ether oxygens (including phenoxy) is 1. The molecule has 6 heteroatoms. The van der Waals surface area contributed by atoms with Crippen LogP contribution in [0.25, 0.3) is 0 Å². The average molecular weight is 250 g/mol. The van der Waals surface area contributed by atoms with Crippen molar-refractivity contribution < 1.29 is 4.74 Å². The molecule has 1 aromatic rings. The number of hydrogen-bond donors (Lipinski definition) is 1. The summed E-state index contributed by atoms with van der Waals surface area (Å²) in [7, 11) is 0.